The van der Waals surface area contributed by atoms with Gasteiger partial charge in [0.25, 0.3) is 0 Å². The number of hydrogen-bond acceptors (Lipinski definition) is 1. The predicted molar refractivity (Wildman–Crippen MR) is 86.8 cm³/mol. The number of carbonyl (C=O) groups excluding carboxylic acids is 1. The van der Waals surface area contributed by atoms with Crippen molar-refractivity contribution in [3.8, 4) is 0 Å². The van der Waals surface area contributed by atoms with Gasteiger partial charge in [-0.1, -0.05) is 44.2 Å². The van der Waals surface area contributed by atoms with Gasteiger partial charge in [0.15, 0.2) is 0 Å². The summed E-state index contributed by atoms with van der Waals surface area (Å²) in [5.74, 6) is -0.574. The number of hydrogen-bond donors (Lipinski definition) is 1. The van der Waals surface area contributed by atoms with Gasteiger partial charge < -0.3 is 5.32 Å². The lowest BCUT2D eigenvalue weighted by molar-refractivity contribution is -0.122. The average molecular weight is 317 g/mol. The molecule has 122 valence electrons. The molecule has 2 nitrogen and oxygen atoms in total. The van der Waals surface area contributed by atoms with Crippen molar-refractivity contribution in [3.05, 3.63) is 71.3 Å². The van der Waals surface area contributed by atoms with Gasteiger partial charge in [-0.2, -0.15) is 0 Å². The normalized spacial score (nSPS) is 12.2. The Morgan fingerprint density at radius 1 is 1.04 bits per heavy atom. The molecule has 4 heteroatoms. The standard InChI is InChI=1S/C19H21F2NO/c1-13(2)19(15-7-10-16(20)11-8-15)22-18(23)12-9-14-5-3-4-6-17(14)21/h3-8,10-11,13,19H,9,12H2,1-2H3,(H,22,23). The first-order valence-corrected chi connectivity index (χ1v) is 7.75. The minimum atomic E-state index is -0.304. The van der Waals surface area contributed by atoms with Crippen LogP contribution >= 0.6 is 0 Å². The molecule has 0 aromatic heterocycles. The molecule has 0 radical (unpaired) electrons. The highest BCUT2D eigenvalue weighted by Gasteiger charge is 2.18. The van der Waals surface area contributed by atoms with Crippen LogP contribution in [0.1, 0.15) is 37.4 Å². The fourth-order valence-corrected chi connectivity index (χ4v) is 2.50. The number of rotatable bonds is 6. The Balaban J connectivity index is 1.98. The number of carbonyl (C=O) groups is 1. The van der Waals surface area contributed by atoms with Crippen LogP contribution in [0.3, 0.4) is 0 Å². The van der Waals surface area contributed by atoms with E-state index < -0.39 is 0 Å². The fraction of sp³-hybridized carbons (Fsp3) is 0.316. The first kappa shape index (κ1) is 17.1. The Kier molecular flexibility index (Phi) is 5.85. The molecule has 0 saturated heterocycles. The van der Waals surface area contributed by atoms with Gasteiger partial charge in [-0.05, 0) is 41.7 Å². The van der Waals surface area contributed by atoms with Gasteiger partial charge >= 0.3 is 0 Å². The van der Waals surface area contributed by atoms with Crippen molar-refractivity contribution in [2.75, 3.05) is 0 Å². The Hall–Kier alpha value is -2.23. The van der Waals surface area contributed by atoms with E-state index in [-0.39, 0.29) is 35.9 Å². The first-order chi connectivity index (χ1) is 11.0. The summed E-state index contributed by atoms with van der Waals surface area (Å²) in [4.78, 5) is 12.2. The third-order valence-corrected chi connectivity index (χ3v) is 3.79. The highest BCUT2D eigenvalue weighted by atomic mass is 19.1. The molecule has 0 bridgehead atoms. The smallest absolute Gasteiger partial charge is 0.220 e. The van der Waals surface area contributed by atoms with Gasteiger partial charge in [0.05, 0.1) is 6.04 Å². The van der Waals surface area contributed by atoms with E-state index >= 15 is 0 Å². The number of halogens is 2. The molecule has 1 atom stereocenters. The molecule has 23 heavy (non-hydrogen) atoms. The summed E-state index contributed by atoms with van der Waals surface area (Å²) in [6.45, 7) is 3.98. The summed E-state index contributed by atoms with van der Waals surface area (Å²) in [5, 5.41) is 2.96. The largest absolute Gasteiger partial charge is 0.349 e. The summed E-state index contributed by atoms with van der Waals surface area (Å²) < 4.78 is 26.6. The van der Waals surface area contributed by atoms with E-state index in [0.29, 0.717) is 12.0 Å². The summed E-state index contributed by atoms with van der Waals surface area (Å²) in [6.07, 6.45) is 0.568. The lowest BCUT2D eigenvalue weighted by atomic mass is 9.95. The maximum Gasteiger partial charge on any atom is 0.220 e. The molecular formula is C19H21F2NO. The second-order valence-electron chi connectivity index (χ2n) is 5.93. The van der Waals surface area contributed by atoms with Crippen molar-refractivity contribution >= 4 is 5.91 Å². The lowest BCUT2D eigenvalue weighted by Gasteiger charge is -2.23. The van der Waals surface area contributed by atoms with Crippen LogP contribution in [0.2, 0.25) is 0 Å². The number of benzene rings is 2. The van der Waals surface area contributed by atoms with Gasteiger partial charge in [0.2, 0.25) is 5.91 Å². The third kappa shape index (κ3) is 4.88. The maximum atomic E-state index is 13.6. The second kappa shape index (κ2) is 7.86. The molecular weight excluding hydrogens is 296 g/mol. The minimum Gasteiger partial charge on any atom is -0.349 e. The molecule has 1 amide bonds. The molecule has 0 fully saturated rings. The molecule has 0 aliphatic carbocycles. The summed E-state index contributed by atoms with van der Waals surface area (Å²) in [5.41, 5.74) is 1.39. The van der Waals surface area contributed by atoms with E-state index in [1.807, 2.05) is 13.8 Å². The van der Waals surface area contributed by atoms with E-state index in [4.69, 9.17) is 0 Å². The van der Waals surface area contributed by atoms with Gasteiger partial charge in [-0.3, -0.25) is 4.79 Å². The zero-order valence-electron chi connectivity index (χ0n) is 13.4. The fourth-order valence-electron chi connectivity index (χ4n) is 2.50. The Morgan fingerprint density at radius 3 is 2.30 bits per heavy atom. The van der Waals surface area contributed by atoms with Crippen LogP contribution in [0.5, 0.6) is 0 Å². The molecule has 2 aromatic rings. The quantitative estimate of drug-likeness (QED) is 0.840. The number of amides is 1. The number of aryl methyl sites for hydroxylation is 1. The highest BCUT2D eigenvalue weighted by molar-refractivity contribution is 5.76. The van der Waals surface area contributed by atoms with Crippen molar-refractivity contribution in [2.45, 2.75) is 32.7 Å². The van der Waals surface area contributed by atoms with Crippen molar-refractivity contribution < 1.29 is 13.6 Å². The number of nitrogens with one attached hydrogen (secondary N) is 1. The van der Waals surface area contributed by atoms with Crippen molar-refractivity contribution in [2.24, 2.45) is 5.92 Å². The average Bonchev–Trinajstić information content (AvgIpc) is 2.52. The van der Waals surface area contributed by atoms with Crippen LogP contribution < -0.4 is 5.32 Å². The van der Waals surface area contributed by atoms with Gasteiger partial charge in [-0.15, -0.1) is 0 Å². The van der Waals surface area contributed by atoms with E-state index in [1.165, 1.54) is 18.2 Å². The van der Waals surface area contributed by atoms with Gasteiger partial charge in [0, 0.05) is 6.42 Å². The summed E-state index contributed by atoms with van der Waals surface area (Å²) >= 11 is 0. The topological polar surface area (TPSA) is 29.1 Å². The molecule has 0 aliphatic rings. The summed E-state index contributed by atoms with van der Waals surface area (Å²) in [7, 11) is 0. The second-order valence-corrected chi connectivity index (χ2v) is 5.93. The Labute approximate surface area is 135 Å². The summed E-state index contributed by atoms with van der Waals surface area (Å²) in [6, 6.07) is 12.4. The highest BCUT2D eigenvalue weighted by Crippen LogP contribution is 2.22. The van der Waals surface area contributed by atoms with Crippen molar-refractivity contribution in [1.82, 2.24) is 5.32 Å². The van der Waals surface area contributed by atoms with Gasteiger partial charge in [-0.25, -0.2) is 8.78 Å². The molecule has 1 N–H and O–H groups in total. The van der Waals surface area contributed by atoms with E-state index in [1.54, 1.807) is 30.3 Å². The predicted octanol–water partition coefficient (Wildman–Crippen LogP) is 4.41. The lowest BCUT2D eigenvalue weighted by Crippen LogP contribution is -2.31. The van der Waals surface area contributed by atoms with E-state index in [9.17, 15) is 13.6 Å². The zero-order chi connectivity index (χ0) is 16.8. The van der Waals surface area contributed by atoms with Crippen molar-refractivity contribution in [3.63, 3.8) is 0 Å². The van der Waals surface area contributed by atoms with Crippen LogP contribution in [-0.2, 0) is 11.2 Å². The maximum absolute atomic E-state index is 13.6. The van der Waals surface area contributed by atoms with E-state index in [0.717, 1.165) is 5.56 Å². The van der Waals surface area contributed by atoms with Crippen LogP contribution in [0, 0.1) is 17.6 Å². The molecule has 0 spiro atoms. The molecule has 0 heterocycles. The first-order valence-electron chi connectivity index (χ1n) is 7.75. The van der Waals surface area contributed by atoms with Crippen molar-refractivity contribution in [1.29, 1.82) is 0 Å². The molecule has 2 rings (SSSR count). The van der Waals surface area contributed by atoms with Crippen LogP contribution in [0.15, 0.2) is 48.5 Å². The Bertz CT molecular complexity index is 653. The molecule has 1 unspecified atom stereocenters. The zero-order valence-corrected chi connectivity index (χ0v) is 13.4. The molecule has 0 saturated carbocycles. The SMILES string of the molecule is CC(C)C(NC(=O)CCc1ccccc1F)c1ccc(F)cc1. The molecule has 2 aromatic carbocycles. The monoisotopic (exact) mass is 317 g/mol. The minimum absolute atomic E-state index is 0.142. The van der Waals surface area contributed by atoms with Crippen LogP contribution in [0.25, 0.3) is 0 Å². The van der Waals surface area contributed by atoms with Crippen LogP contribution in [-0.4, -0.2) is 5.91 Å². The van der Waals surface area contributed by atoms with Gasteiger partial charge in [0.1, 0.15) is 11.6 Å². The Morgan fingerprint density at radius 2 is 1.70 bits per heavy atom. The van der Waals surface area contributed by atoms with E-state index in [2.05, 4.69) is 5.32 Å². The van der Waals surface area contributed by atoms with Crippen LogP contribution in [0.4, 0.5) is 8.78 Å². The third-order valence-electron chi connectivity index (χ3n) is 3.79. The molecule has 0 aliphatic heterocycles.